The van der Waals surface area contributed by atoms with E-state index in [0.29, 0.717) is 0 Å². The molecule has 0 spiro atoms. The number of carbonyl (C=O) groups is 6. The molecule has 152 valence electrons. The number of carboxylic acid groups (broad SMARTS) is 2. The van der Waals surface area contributed by atoms with Gasteiger partial charge in [-0.05, 0) is 12.8 Å². The van der Waals surface area contributed by atoms with Gasteiger partial charge < -0.3 is 38.0 Å². The van der Waals surface area contributed by atoms with Crippen LogP contribution in [-0.4, -0.2) is 63.9 Å². The van der Waals surface area contributed by atoms with Crippen LogP contribution in [0.1, 0.15) is 32.1 Å². The van der Waals surface area contributed by atoms with E-state index in [4.69, 9.17) is 27.4 Å². The molecule has 4 amide bonds. The average Bonchev–Trinajstić information content (AvgIpc) is 2.53. The zero-order valence-electron chi connectivity index (χ0n) is 14.3. The summed E-state index contributed by atoms with van der Waals surface area (Å²) in [5.74, 6) is -6.27. The van der Waals surface area contributed by atoms with Crippen LogP contribution < -0.4 is 27.8 Å². The maximum atomic E-state index is 12.3. The second-order valence-electron chi connectivity index (χ2n) is 5.67. The first-order valence-electron chi connectivity index (χ1n) is 7.81. The summed E-state index contributed by atoms with van der Waals surface area (Å²) in [6.07, 6.45) is -1.99. The Labute approximate surface area is 153 Å². The molecular weight excluding hydrogens is 366 g/mol. The summed E-state index contributed by atoms with van der Waals surface area (Å²) in [6, 6.07) is -4.27. The highest BCUT2D eigenvalue weighted by Gasteiger charge is 2.28. The van der Waals surface area contributed by atoms with Crippen molar-refractivity contribution in [1.29, 1.82) is 0 Å². The van der Waals surface area contributed by atoms with Gasteiger partial charge in [0.15, 0.2) is 0 Å². The van der Waals surface area contributed by atoms with E-state index in [1.54, 1.807) is 0 Å². The minimum Gasteiger partial charge on any atom is -0.481 e. The molecule has 0 radical (unpaired) electrons. The number of primary amides is 2. The normalized spacial score (nSPS) is 13.7. The topological polar surface area (TPSA) is 245 Å². The van der Waals surface area contributed by atoms with Gasteiger partial charge in [-0.2, -0.15) is 0 Å². The number of hydrogen-bond acceptors (Lipinski definition) is 7. The molecule has 13 nitrogen and oxygen atoms in total. The molecule has 27 heavy (non-hydrogen) atoms. The molecule has 13 heteroatoms. The molecule has 0 aliphatic heterocycles. The van der Waals surface area contributed by atoms with Crippen LogP contribution in [0.5, 0.6) is 0 Å². The summed E-state index contributed by atoms with van der Waals surface area (Å²) in [6.45, 7) is 0. The monoisotopic (exact) mass is 389 g/mol. The summed E-state index contributed by atoms with van der Waals surface area (Å²) < 4.78 is 0. The highest BCUT2D eigenvalue weighted by molar-refractivity contribution is 5.93. The second kappa shape index (κ2) is 11.4. The van der Waals surface area contributed by atoms with Crippen molar-refractivity contribution in [2.75, 3.05) is 0 Å². The van der Waals surface area contributed by atoms with Crippen LogP contribution >= 0.6 is 0 Å². The summed E-state index contributed by atoms with van der Waals surface area (Å²) in [7, 11) is 0. The second-order valence-corrected chi connectivity index (χ2v) is 5.67. The number of aliphatic carboxylic acids is 2. The first kappa shape index (κ1) is 23.8. The Balaban J connectivity index is 5.12. The molecule has 3 atom stereocenters. The van der Waals surface area contributed by atoms with E-state index in [9.17, 15) is 28.8 Å². The van der Waals surface area contributed by atoms with Gasteiger partial charge in [-0.15, -0.1) is 0 Å². The van der Waals surface area contributed by atoms with Crippen LogP contribution in [0.25, 0.3) is 0 Å². The van der Waals surface area contributed by atoms with Gasteiger partial charge in [-0.3, -0.25) is 24.0 Å². The number of nitrogens with two attached hydrogens (primary N) is 3. The Hall–Kier alpha value is -3.22. The third kappa shape index (κ3) is 10.4. The van der Waals surface area contributed by atoms with E-state index in [1.807, 2.05) is 0 Å². The summed E-state index contributed by atoms with van der Waals surface area (Å²) >= 11 is 0. The Kier molecular flexibility index (Phi) is 10.0. The standard InChI is InChI=1S/C14H23N5O8/c15-6(5-10(17)21)12(24)18-7(2-4-11(22)23)13(25)19-8(14(26)27)1-3-9(16)20/h6-8H,1-5,15H2,(H2,16,20)(H2,17,21)(H,18,24)(H,19,25)(H,22,23)(H,26,27). The van der Waals surface area contributed by atoms with E-state index in [2.05, 4.69) is 10.6 Å². The summed E-state index contributed by atoms with van der Waals surface area (Å²) in [5, 5.41) is 22.1. The van der Waals surface area contributed by atoms with Crippen molar-refractivity contribution in [3.63, 3.8) is 0 Å². The fourth-order valence-corrected chi connectivity index (χ4v) is 1.94. The van der Waals surface area contributed by atoms with Crippen LogP contribution in [0, 0.1) is 0 Å². The molecule has 0 aromatic rings. The Morgan fingerprint density at radius 2 is 1.30 bits per heavy atom. The van der Waals surface area contributed by atoms with Crippen molar-refractivity contribution in [3.05, 3.63) is 0 Å². The van der Waals surface area contributed by atoms with E-state index in [1.165, 1.54) is 0 Å². The maximum absolute atomic E-state index is 12.3. The van der Waals surface area contributed by atoms with Crippen molar-refractivity contribution < 1.29 is 39.0 Å². The van der Waals surface area contributed by atoms with E-state index < -0.39 is 66.5 Å². The number of hydrogen-bond donors (Lipinski definition) is 7. The van der Waals surface area contributed by atoms with Crippen LogP contribution in [0.2, 0.25) is 0 Å². The molecule has 0 aliphatic rings. The molecule has 0 aromatic heterocycles. The molecule has 3 unspecified atom stereocenters. The molecule has 10 N–H and O–H groups in total. The van der Waals surface area contributed by atoms with Crippen LogP contribution in [-0.2, 0) is 28.8 Å². The van der Waals surface area contributed by atoms with Crippen LogP contribution in [0.3, 0.4) is 0 Å². The predicted molar refractivity (Wildman–Crippen MR) is 88.6 cm³/mol. The third-order valence-electron chi connectivity index (χ3n) is 3.33. The van der Waals surface area contributed by atoms with Gasteiger partial charge in [0.2, 0.25) is 23.6 Å². The van der Waals surface area contributed by atoms with E-state index in [0.717, 1.165) is 0 Å². The lowest BCUT2D eigenvalue weighted by Gasteiger charge is -2.22. The average molecular weight is 389 g/mol. The number of amides is 4. The lowest BCUT2D eigenvalue weighted by molar-refractivity contribution is -0.143. The molecule has 0 rings (SSSR count). The lowest BCUT2D eigenvalue weighted by Crippen LogP contribution is -2.55. The van der Waals surface area contributed by atoms with Gasteiger partial charge in [0, 0.05) is 12.8 Å². The molecule has 0 bridgehead atoms. The third-order valence-corrected chi connectivity index (χ3v) is 3.33. The minimum absolute atomic E-state index is 0.294. The Bertz CT molecular complexity index is 608. The molecule has 0 fully saturated rings. The first-order chi connectivity index (χ1) is 12.4. The Morgan fingerprint density at radius 1 is 0.778 bits per heavy atom. The molecule has 0 saturated heterocycles. The van der Waals surface area contributed by atoms with Gasteiger partial charge in [0.25, 0.3) is 0 Å². The molecule has 0 saturated carbocycles. The number of rotatable bonds is 13. The number of carboxylic acids is 2. The number of nitrogens with one attached hydrogen (secondary N) is 2. The van der Waals surface area contributed by atoms with Crippen molar-refractivity contribution >= 4 is 35.6 Å². The van der Waals surface area contributed by atoms with Crippen molar-refractivity contribution in [2.45, 2.75) is 50.2 Å². The summed E-state index contributed by atoms with van der Waals surface area (Å²) in [5.41, 5.74) is 15.3. The van der Waals surface area contributed by atoms with Gasteiger partial charge >= 0.3 is 11.9 Å². The Morgan fingerprint density at radius 3 is 1.74 bits per heavy atom. The predicted octanol–water partition coefficient (Wildman–Crippen LogP) is -3.63. The van der Waals surface area contributed by atoms with E-state index in [-0.39, 0.29) is 19.3 Å². The van der Waals surface area contributed by atoms with Gasteiger partial charge in [-0.1, -0.05) is 0 Å². The minimum atomic E-state index is -1.48. The molecular formula is C14H23N5O8. The molecule has 0 aromatic carbocycles. The lowest BCUT2D eigenvalue weighted by atomic mass is 10.1. The fourth-order valence-electron chi connectivity index (χ4n) is 1.94. The fraction of sp³-hybridized carbons (Fsp3) is 0.571. The van der Waals surface area contributed by atoms with Gasteiger partial charge in [-0.25, -0.2) is 4.79 Å². The quantitative estimate of drug-likeness (QED) is 0.164. The van der Waals surface area contributed by atoms with Crippen LogP contribution in [0.15, 0.2) is 0 Å². The zero-order chi connectivity index (χ0) is 21.1. The highest BCUT2D eigenvalue weighted by Crippen LogP contribution is 2.03. The largest absolute Gasteiger partial charge is 0.481 e. The first-order valence-corrected chi connectivity index (χ1v) is 7.81. The molecule has 0 heterocycles. The van der Waals surface area contributed by atoms with Crippen molar-refractivity contribution in [3.8, 4) is 0 Å². The van der Waals surface area contributed by atoms with Gasteiger partial charge in [0.1, 0.15) is 12.1 Å². The maximum Gasteiger partial charge on any atom is 0.326 e. The SMILES string of the molecule is NC(=O)CCC(NC(=O)C(CCC(=O)O)NC(=O)C(N)CC(N)=O)C(=O)O. The summed E-state index contributed by atoms with van der Waals surface area (Å²) in [4.78, 5) is 67.7. The smallest absolute Gasteiger partial charge is 0.326 e. The van der Waals surface area contributed by atoms with Crippen LogP contribution in [0.4, 0.5) is 0 Å². The van der Waals surface area contributed by atoms with Crippen molar-refractivity contribution in [1.82, 2.24) is 10.6 Å². The van der Waals surface area contributed by atoms with Crippen molar-refractivity contribution in [2.24, 2.45) is 17.2 Å². The number of carbonyl (C=O) groups excluding carboxylic acids is 4. The highest BCUT2D eigenvalue weighted by atomic mass is 16.4. The zero-order valence-corrected chi connectivity index (χ0v) is 14.3. The molecule has 0 aliphatic carbocycles. The van der Waals surface area contributed by atoms with Gasteiger partial charge in [0.05, 0.1) is 12.5 Å². The van der Waals surface area contributed by atoms with E-state index >= 15 is 0 Å².